The number of hydrogen-bond acceptors (Lipinski definition) is 5. The van der Waals surface area contributed by atoms with Crippen LogP contribution in [0.1, 0.15) is 19.5 Å². The third-order valence-corrected chi connectivity index (χ3v) is 2.40. The smallest absolute Gasteiger partial charge is 0.237 e. The molecule has 5 heteroatoms. The maximum atomic E-state index is 5.52. The van der Waals surface area contributed by atoms with Crippen LogP contribution in [-0.2, 0) is 6.54 Å². The molecule has 1 N–H and O–H groups in total. The lowest BCUT2D eigenvalue weighted by Crippen LogP contribution is -2.19. The van der Waals surface area contributed by atoms with E-state index in [9.17, 15) is 0 Å². The molecule has 2 aromatic rings. The zero-order valence-electron chi connectivity index (χ0n) is 11.2. The van der Waals surface area contributed by atoms with Crippen LogP contribution in [0.2, 0.25) is 0 Å². The van der Waals surface area contributed by atoms with Crippen molar-refractivity contribution in [3.63, 3.8) is 0 Å². The zero-order valence-corrected chi connectivity index (χ0v) is 11.2. The lowest BCUT2D eigenvalue weighted by molar-refractivity contribution is 0.456. The van der Waals surface area contributed by atoms with Gasteiger partial charge in [-0.2, -0.15) is 0 Å². The van der Waals surface area contributed by atoms with E-state index in [4.69, 9.17) is 4.74 Å². The summed E-state index contributed by atoms with van der Waals surface area (Å²) in [6.07, 6.45) is 6.68. The summed E-state index contributed by atoms with van der Waals surface area (Å²) in [6, 6.07) is 3.64. The van der Waals surface area contributed by atoms with Gasteiger partial charge in [0.2, 0.25) is 5.88 Å². The van der Waals surface area contributed by atoms with Crippen LogP contribution in [0.3, 0.4) is 0 Å². The number of nitrogens with zero attached hydrogens (tertiary/aromatic N) is 3. The van der Waals surface area contributed by atoms with Crippen LogP contribution >= 0.6 is 0 Å². The van der Waals surface area contributed by atoms with Gasteiger partial charge in [0, 0.05) is 12.7 Å². The van der Waals surface area contributed by atoms with E-state index in [1.54, 1.807) is 24.8 Å². The highest BCUT2D eigenvalue weighted by atomic mass is 16.5. The van der Waals surface area contributed by atoms with Crippen molar-refractivity contribution < 1.29 is 4.74 Å². The van der Waals surface area contributed by atoms with Crippen molar-refractivity contribution >= 4 is 0 Å². The summed E-state index contributed by atoms with van der Waals surface area (Å²) in [5, 5.41) is 3.32. The monoisotopic (exact) mass is 258 g/mol. The Bertz CT molecular complexity index is 485. The Labute approximate surface area is 113 Å². The third kappa shape index (κ3) is 4.63. The second-order valence-corrected chi connectivity index (χ2v) is 4.66. The van der Waals surface area contributed by atoms with E-state index in [2.05, 4.69) is 34.1 Å². The summed E-state index contributed by atoms with van der Waals surface area (Å²) in [4.78, 5) is 12.5. The molecule has 0 saturated heterocycles. The molecule has 0 radical (unpaired) electrons. The largest absolute Gasteiger partial charge is 0.436 e. The average Bonchev–Trinajstić information content (AvgIpc) is 2.42. The maximum absolute atomic E-state index is 5.52. The summed E-state index contributed by atoms with van der Waals surface area (Å²) >= 11 is 0. The summed E-state index contributed by atoms with van der Waals surface area (Å²) in [7, 11) is 0. The molecule has 0 aliphatic heterocycles. The van der Waals surface area contributed by atoms with Gasteiger partial charge in [-0.15, -0.1) is 0 Å². The SMILES string of the molecule is CC(C)CNCc1cnc(Oc2cccnc2)cn1. The van der Waals surface area contributed by atoms with Gasteiger partial charge in [0.05, 0.1) is 24.3 Å². The first-order chi connectivity index (χ1) is 9.24. The molecule has 0 spiro atoms. The Kier molecular flexibility index (Phi) is 4.80. The number of nitrogens with one attached hydrogen (secondary N) is 1. The maximum Gasteiger partial charge on any atom is 0.237 e. The molecule has 0 atom stereocenters. The molecule has 2 rings (SSSR count). The minimum atomic E-state index is 0.473. The van der Waals surface area contributed by atoms with Crippen molar-refractivity contribution in [2.45, 2.75) is 20.4 Å². The molecule has 2 aromatic heterocycles. The van der Waals surface area contributed by atoms with E-state index in [1.807, 2.05) is 12.1 Å². The van der Waals surface area contributed by atoms with Crippen molar-refractivity contribution in [3.05, 3.63) is 42.6 Å². The van der Waals surface area contributed by atoms with Gasteiger partial charge in [-0.3, -0.25) is 9.97 Å². The van der Waals surface area contributed by atoms with Crippen molar-refractivity contribution in [2.24, 2.45) is 5.92 Å². The van der Waals surface area contributed by atoms with E-state index in [1.165, 1.54) is 0 Å². The predicted octanol–water partition coefficient (Wildman–Crippen LogP) is 2.41. The highest BCUT2D eigenvalue weighted by molar-refractivity contribution is 5.21. The van der Waals surface area contributed by atoms with E-state index in [0.29, 0.717) is 17.5 Å². The first-order valence-corrected chi connectivity index (χ1v) is 6.33. The molecule has 0 amide bonds. The zero-order chi connectivity index (χ0) is 13.5. The number of aromatic nitrogens is 3. The van der Waals surface area contributed by atoms with E-state index in [-0.39, 0.29) is 0 Å². The standard InChI is InChI=1S/C14H18N4O/c1-11(2)6-16-7-12-8-18-14(10-17-12)19-13-4-3-5-15-9-13/h3-5,8-11,16H,6-7H2,1-2H3. The van der Waals surface area contributed by atoms with Gasteiger partial charge >= 0.3 is 0 Å². The van der Waals surface area contributed by atoms with Gasteiger partial charge < -0.3 is 10.1 Å². The summed E-state index contributed by atoms with van der Waals surface area (Å²) < 4.78 is 5.52. The first-order valence-electron chi connectivity index (χ1n) is 6.33. The fraction of sp³-hybridized carbons (Fsp3) is 0.357. The molecule has 0 saturated carbocycles. The van der Waals surface area contributed by atoms with Crippen LogP contribution in [-0.4, -0.2) is 21.5 Å². The minimum absolute atomic E-state index is 0.473. The van der Waals surface area contributed by atoms with Crippen LogP contribution in [0.25, 0.3) is 0 Å². The Morgan fingerprint density at radius 3 is 2.74 bits per heavy atom. The Hall–Kier alpha value is -2.01. The summed E-state index contributed by atoms with van der Waals surface area (Å²) in [5.41, 5.74) is 0.902. The van der Waals surface area contributed by atoms with E-state index in [0.717, 1.165) is 18.8 Å². The molecule has 0 fully saturated rings. The molecule has 5 nitrogen and oxygen atoms in total. The van der Waals surface area contributed by atoms with Gasteiger partial charge in [0.1, 0.15) is 5.75 Å². The lowest BCUT2D eigenvalue weighted by atomic mass is 10.2. The summed E-state index contributed by atoms with van der Waals surface area (Å²) in [6.45, 7) is 6.03. The van der Waals surface area contributed by atoms with Crippen LogP contribution in [0, 0.1) is 5.92 Å². The fourth-order valence-electron chi connectivity index (χ4n) is 1.50. The van der Waals surface area contributed by atoms with Gasteiger partial charge in [-0.05, 0) is 24.6 Å². The van der Waals surface area contributed by atoms with E-state index < -0.39 is 0 Å². The molecule has 0 unspecified atom stereocenters. The number of hydrogen-bond donors (Lipinski definition) is 1. The van der Waals surface area contributed by atoms with Crippen LogP contribution in [0.4, 0.5) is 0 Å². The van der Waals surface area contributed by atoms with Crippen LogP contribution < -0.4 is 10.1 Å². The van der Waals surface area contributed by atoms with Gasteiger partial charge in [0.15, 0.2) is 0 Å². The normalized spacial score (nSPS) is 10.7. The molecule has 0 aromatic carbocycles. The second kappa shape index (κ2) is 6.80. The van der Waals surface area contributed by atoms with Crippen molar-refractivity contribution in [3.8, 4) is 11.6 Å². The highest BCUT2D eigenvalue weighted by Gasteiger charge is 2.01. The van der Waals surface area contributed by atoms with Crippen molar-refractivity contribution in [2.75, 3.05) is 6.54 Å². The topological polar surface area (TPSA) is 59.9 Å². The van der Waals surface area contributed by atoms with Crippen LogP contribution in [0.5, 0.6) is 11.6 Å². The van der Waals surface area contributed by atoms with Gasteiger partial charge in [-0.1, -0.05) is 13.8 Å². The number of ether oxygens (including phenoxy) is 1. The third-order valence-electron chi connectivity index (χ3n) is 2.40. The Morgan fingerprint density at radius 1 is 1.21 bits per heavy atom. The molecular weight excluding hydrogens is 240 g/mol. The van der Waals surface area contributed by atoms with Crippen molar-refractivity contribution in [1.29, 1.82) is 0 Å². The number of rotatable bonds is 6. The fourth-order valence-corrected chi connectivity index (χ4v) is 1.50. The number of pyridine rings is 1. The molecule has 0 aliphatic rings. The summed E-state index contributed by atoms with van der Waals surface area (Å²) in [5.74, 6) is 1.75. The molecule has 19 heavy (non-hydrogen) atoms. The molecular formula is C14H18N4O. The quantitative estimate of drug-likeness (QED) is 0.862. The minimum Gasteiger partial charge on any atom is -0.436 e. The average molecular weight is 258 g/mol. The van der Waals surface area contributed by atoms with Gasteiger partial charge in [-0.25, -0.2) is 4.98 Å². The van der Waals surface area contributed by atoms with Crippen molar-refractivity contribution in [1.82, 2.24) is 20.3 Å². The molecule has 100 valence electrons. The predicted molar refractivity (Wildman–Crippen MR) is 72.9 cm³/mol. The molecule has 0 aliphatic carbocycles. The molecule has 0 bridgehead atoms. The Morgan fingerprint density at radius 2 is 2.11 bits per heavy atom. The van der Waals surface area contributed by atoms with Crippen LogP contribution in [0.15, 0.2) is 36.9 Å². The van der Waals surface area contributed by atoms with E-state index >= 15 is 0 Å². The molecule has 2 heterocycles. The second-order valence-electron chi connectivity index (χ2n) is 4.66. The Balaban J connectivity index is 1.88. The lowest BCUT2D eigenvalue weighted by Gasteiger charge is -2.07. The highest BCUT2D eigenvalue weighted by Crippen LogP contribution is 2.16. The van der Waals surface area contributed by atoms with Gasteiger partial charge in [0.25, 0.3) is 0 Å². The first kappa shape index (κ1) is 13.4.